The van der Waals surface area contributed by atoms with Gasteiger partial charge in [0, 0.05) is 20.8 Å². The van der Waals surface area contributed by atoms with Crippen molar-refractivity contribution < 1.29 is 5.11 Å². The molecule has 3 N–H and O–H groups in total. The highest BCUT2D eigenvalue weighted by Crippen LogP contribution is 2.34. The molecule has 100 valence electrons. The molecule has 0 bridgehead atoms. The number of anilines is 1. The van der Waals surface area contributed by atoms with E-state index in [4.69, 9.17) is 5.73 Å². The average molecular weight is 338 g/mol. The molecule has 2 rings (SSSR count). The molecule has 4 heteroatoms. The van der Waals surface area contributed by atoms with Crippen molar-refractivity contribution in [1.82, 2.24) is 0 Å². The first-order chi connectivity index (χ1) is 8.99. The van der Waals surface area contributed by atoms with Crippen LogP contribution in [0.3, 0.4) is 0 Å². The van der Waals surface area contributed by atoms with Gasteiger partial charge in [0.15, 0.2) is 0 Å². The van der Waals surface area contributed by atoms with Crippen LogP contribution in [0.5, 0.6) is 0 Å². The second-order valence-corrected chi connectivity index (χ2v) is 6.49. The lowest BCUT2D eigenvalue weighted by Crippen LogP contribution is -2.24. The van der Waals surface area contributed by atoms with E-state index in [0.717, 1.165) is 20.6 Å². The van der Waals surface area contributed by atoms with Crippen LogP contribution >= 0.6 is 27.7 Å². The summed E-state index contributed by atoms with van der Waals surface area (Å²) < 4.78 is 0.960. The van der Waals surface area contributed by atoms with Crippen molar-refractivity contribution in [2.75, 3.05) is 11.5 Å². The van der Waals surface area contributed by atoms with Gasteiger partial charge in [0.05, 0.1) is 5.60 Å². The molecule has 0 aliphatic rings. The summed E-state index contributed by atoms with van der Waals surface area (Å²) in [6.07, 6.45) is 0. The van der Waals surface area contributed by atoms with Gasteiger partial charge in [-0.15, -0.1) is 11.8 Å². The Morgan fingerprint density at radius 1 is 1.21 bits per heavy atom. The van der Waals surface area contributed by atoms with Crippen molar-refractivity contribution >= 4 is 33.4 Å². The lowest BCUT2D eigenvalue weighted by molar-refractivity contribution is 0.0839. The largest absolute Gasteiger partial charge is 0.399 e. The molecule has 0 aromatic heterocycles. The van der Waals surface area contributed by atoms with Gasteiger partial charge in [0.2, 0.25) is 0 Å². The lowest BCUT2D eigenvalue weighted by atomic mass is 9.99. The maximum atomic E-state index is 10.5. The van der Waals surface area contributed by atoms with Gasteiger partial charge in [-0.05, 0) is 46.6 Å². The van der Waals surface area contributed by atoms with Crippen molar-refractivity contribution in [3.8, 4) is 0 Å². The monoisotopic (exact) mass is 337 g/mol. The van der Waals surface area contributed by atoms with Gasteiger partial charge in [0.25, 0.3) is 0 Å². The molecule has 2 nitrogen and oxygen atoms in total. The maximum absolute atomic E-state index is 10.5. The van der Waals surface area contributed by atoms with Crippen LogP contribution in [-0.4, -0.2) is 10.9 Å². The van der Waals surface area contributed by atoms with Crippen LogP contribution in [-0.2, 0) is 5.60 Å². The molecule has 19 heavy (non-hydrogen) atoms. The van der Waals surface area contributed by atoms with Crippen molar-refractivity contribution in [3.05, 3.63) is 58.6 Å². The number of halogens is 1. The van der Waals surface area contributed by atoms with Crippen LogP contribution in [0.4, 0.5) is 5.69 Å². The predicted molar refractivity (Wildman–Crippen MR) is 85.3 cm³/mol. The number of thioether (sulfide) groups is 1. The Balaban J connectivity index is 2.09. The number of aliphatic hydroxyl groups is 1. The van der Waals surface area contributed by atoms with Gasteiger partial charge in [-0.2, -0.15) is 0 Å². The highest BCUT2D eigenvalue weighted by molar-refractivity contribution is 9.10. The fourth-order valence-corrected chi connectivity index (χ4v) is 3.44. The summed E-state index contributed by atoms with van der Waals surface area (Å²) in [5.74, 6) is 0.583. The zero-order valence-corrected chi connectivity index (χ0v) is 13.0. The van der Waals surface area contributed by atoms with Gasteiger partial charge in [-0.25, -0.2) is 0 Å². The highest BCUT2D eigenvalue weighted by Gasteiger charge is 2.23. The Morgan fingerprint density at radius 3 is 2.53 bits per heavy atom. The Bertz CT molecular complexity index is 557. The number of rotatable bonds is 4. The van der Waals surface area contributed by atoms with E-state index >= 15 is 0 Å². The number of benzene rings is 2. The van der Waals surface area contributed by atoms with E-state index in [9.17, 15) is 5.11 Å². The molecule has 1 unspecified atom stereocenters. The van der Waals surface area contributed by atoms with E-state index in [1.807, 2.05) is 55.5 Å². The summed E-state index contributed by atoms with van der Waals surface area (Å²) in [6, 6.07) is 15.4. The third-order valence-corrected chi connectivity index (χ3v) is 5.15. The summed E-state index contributed by atoms with van der Waals surface area (Å²) in [5, 5.41) is 10.5. The van der Waals surface area contributed by atoms with Gasteiger partial charge in [0.1, 0.15) is 0 Å². The summed E-state index contributed by atoms with van der Waals surface area (Å²) in [6.45, 7) is 1.83. The van der Waals surface area contributed by atoms with Crippen LogP contribution in [0.25, 0.3) is 0 Å². The van der Waals surface area contributed by atoms with Gasteiger partial charge in [-0.1, -0.05) is 30.3 Å². The maximum Gasteiger partial charge on any atom is 0.0962 e. The molecule has 2 aromatic rings. The molecular formula is C15H16BrNOS. The van der Waals surface area contributed by atoms with Gasteiger partial charge < -0.3 is 10.8 Å². The molecule has 0 saturated heterocycles. The van der Waals surface area contributed by atoms with Gasteiger partial charge in [-0.3, -0.25) is 0 Å². The van der Waals surface area contributed by atoms with E-state index in [0.29, 0.717) is 5.75 Å². The highest BCUT2D eigenvalue weighted by atomic mass is 79.9. The number of nitrogens with two attached hydrogens (primary N) is 1. The average Bonchev–Trinajstić information content (AvgIpc) is 2.39. The normalized spacial score (nSPS) is 14.1. The van der Waals surface area contributed by atoms with Crippen molar-refractivity contribution in [2.45, 2.75) is 17.4 Å². The quantitative estimate of drug-likeness (QED) is 0.654. The minimum atomic E-state index is -0.854. The van der Waals surface area contributed by atoms with E-state index < -0.39 is 5.60 Å². The van der Waals surface area contributed by atoms with E-state index in [1.54, 1.807) is 11.8 Å². The topological polar surface area (TPSA) is 46.2 Å². The fraction of sp³-hybridized carbons (Fsp3) is 0.200. The zero-order chi connectivity index (χ0) is 13.9. The first-order valence-corrected chi connectivity index (χ1v) is 7.72. The Labute approximate surface area is 126 Å². The number of hydrogen-bond acceptors (Lipinski definition) is 3. The number of hydrogen-bond donors (Lipinski definition) is 2. The predicted octanol–water partition coefficient (Wildman–Crippen LogP) is 4.03. The Hall–Kier alpha value is -0.970. The Morgan fingerprint density at radius 2 is 1.89 bits per heavy atom. The van der Waals surface area contributed by atoms with Crippen LogP contribution < -0.4 is 5.73 Å². The summed E-state index contributed by atoms with van der Waals surface area (Å²) in [7, 11) is 0. The molecule has 2 aromatic carbocycles. The summed E-state index contributed by atoms with van der Waals surface area (Å²) in [4.78, 5) is 1.07. The third-order valence-electron chi connectivity index (χ3n) is 2.86. The zero-order valence-electron chi connectivity index (χ0n) is 10.6. The van der Waals surface area contributed by atoms with Crippen LogP contribution in [0.1, 0.15) is 12.5 Å². The van der Waals surface area contributed by atoms with E-state index in [-0.39, 0.29) is 0 Å². The van der Waals surface area contributed by atoms with Crippen LogP contribution in [0.2, 0.25) is 0 Å². The first kappa shape index (κ1) is 14.4. The molecule has 0 radical (unpaired) electrons. The third kappa shape index (κ3) is 3.75. The molecule has 1 atom stereocenters. The standard InChI is InChI=1S/C15H16BrNOS/c1-15(18,11-5-3-2-4-6-11)10-19-14-8-7-12(17)9-13(14)16/h2-9,18H,10,17H2,1H3. The van der Waals surface area contributed by atoms with Crippen molar-refractivity contribution in [2.24, 2.45) is 0 Å². The van der Waals surface area contributed by atoms with Crippen LogP contribution in [0.15, 0.2) is 57.9 Å². The van der Waals surface area contributed by atoms with Crippen molar-refractivity contribution in [1.29, 1.82) is 0 Å². The summed E-state index contributed by atoms with van der Waals surface area (Å²) in [5.41, 5.74) is 6.51. The van der Waals surface area contributed by atoms with Crippen LogP contribution in [0, 0.1) is 0 Å². The first-order valence-electron chi connectivity index (χ1n) is 5.95. The minimum absolute atomic E-state index is 0.583. The summed E-state index contributed by atoms with van der Waals surface area (Å²) >= 11 is 5.09. The molecular weight excluding hydrogens is 322 g/mol. The second-order valence-electron chi connectivity index (χ2n) is 4.62. The second kappa shape index (κ2) is 5.99. The lowest BCUT2D eigenvalue weighted by Gasteiger charge is -2.23. The molecule has 0 heterocycles. The molecule has 0 aliphatic heterocycles. The van der Waals surface area contributed by atoms with Gasteiger partial charge >= 0.3 is 0 Å². The molecule has 0 spiro atoms. The molecule has 0 aliphatic carbocycles. The van der Waals surface area contributed by atoms with E-state index in [2.05, 4.69) is 15.9 Å². The molecule has 0 saturated carbocycles. The minimum Gasteiger partial charge on any atom is -0.399 e. The SMILES string of the molecule is CC(O)(CSc1ccc(N)cc1Br)c1ccccc1. The van der Waals surface area contributed by atoms with Crippen molar-refractivity contribution in [3.63, 3.8) is 0 Å². The Kier molecular flexibility index (Phi) is 4.55. The smallest absolute Gasteiger partial charge is 0.0962 e. The number of nitrogen functional groups attached to an aromatic ring is 1. The molecule has 0 fully saturated rings. The fourth-order valence-electron chi connectivity index (χ4n) is 1.73. The molecule has 0 amide bonds. The van der Waals surface area contributed by atoms with E-state index in [1.165, 1.54) is 0 Å².